The van der Waals surface area contributed by atoms with Gasteiger partial charge in [-0.25, -0.2) is 0 Å². The number of benzene rings is 2. The second kappa shape index (κ2) is 7.57. The number of amides is 1. The van der Waals surface area contributed by atoms with Gasteiger partial charge in [-0.15, -0.1) is 0 Å². The van der Waals surface area contributed by atoms with Crippen LogP contribution in [0, 0.1) is 0 Å². The predicted molar refractivity (Wildman–Crippen MR) is 89.4 cm³/mol. The molecule has 2 rings (SSSR count). The van der Waals surface area contributed by atoms with Crippen LogP contribution < -0.4 is 10.6 Å². The van der Waals surface area contributed by atoms with E-state index in [4.69, 9.17) is 11.6 Å². The van der Waals surface area contributed by atoms with E-state index in [2.05, 4.69) is 10.6 Å². The summed E-state index contributed by atoms with van der Waals surface area (Å²) in [4.78, 5) is 11.9. The van der Waals surface area contributed by atoms with Crippen molar-refractivity contribution in [2.45, 2.75) is 19.5 Å². The first-order valence-electron chi connectivity index (χ1n) is 7.29. The van der Waals surface area contributed by atoms with Crippen molar-refractivity contribution in [3.05, 3.63) is 58.6 Å². The molecule has 0 aliphatic carbocycles. The Bertz CT molecular complexity index is 715. The summed E-state index contributed by atoms with van der Waals surface area (Å²) < 4.78 is 38.1. The topological polar surface area (TPSA) is 41.1 Å². The molecule has 3 nitrogen and oxygen atoms in total. The van der Waals surface area contributed by atoms with Gasteiger partial charge in [-0.1, -0.05) is 30.7 Å². The highest BCUT2D eigenvalue weighted by molar-refractivity contribution is 6.33. The lowest BCUT2D eigenvalue weighted by Crippen LogP contribution is -2.22. The number of anilines is 2. The average molecular weight is 357 g/mol. The van der Waals surface area contributed by atoms with E-state index in [0.717, 1.165) is 30.2 Å². The highest BCUT2D eigenvalue weighted by Crippen LogP contribution is 2.33. The Labute approximate surface area is 142 Å². The zero-order chi connectivity index (χ0) is 17.7. The van der Waals surface area contributed by atoms with Gasteiger partial charge in [-0.3, -0.25) is 4.79 Å². The van der Waals surface area contributed by atoms with Crippen molar-refractivity contribution in [2.75, 3.05) is 17.2 Å². The molecule has 0 radical (unpaired) electrons. The highest BCUT2D eigenvalue weighted by Gasteiger charge is 2.30. The number of aryl methyl sites for hydroxylation is 1. The second-order valence-corrected chi connectivity index (χ2v) is 5.55. The number of alkyl halides is 3. The molecule has 0 heterocycles. The molecule has 0 saturated heterocycles. The molecule has 0 fully saturated rings. The van der Waals surface area contributed by atoms with Gasteiger partial charge in [0.15, 0.2) is 0 Å². The number of hydrogen-bond donors (Lipinski definition) is 2. The van der Waals surface area contributed by atoms with Gasteiger partial charge in [-0.2, -0.15) is 13.2 Å². The average Bonchev–Trinajstić information content (AvgIpc) is 2.53. The van der Waals surface area contributed by atoms with Crippen LogP contribution in [-0.4, -0.2) is 12.5 Å². The minimum absolute atomic E-state index is 0.0583. The summed E-state index contributed by atoms with van der Waals surface area (Å²) in [6.07, 6.45) is -3.58. The molecule has 0 aromatic heterocycles. The van der Waals surface area contributed by atoms with E-state index in [0.29, 0.717) is 5.69 Å². The van der Waals surface area contributed by atoms with Gasteiger partial charge in [-0.05, 0) is 42.3 Å². The van der Waals surface area contributed by atoms with Gasteiger partial charge in [0.1, 0.15) is 0 Å². The fraction of sp³-hybridized carbons (Fsp3) is 0.235. The maximum Gasteiger partial charge on any atom is 0.416 e. The van der Waals surface area contributed by atoms with Gasteiger partial charge >= 0.3 is 6.18 Å². The molecule has 0 aliphatic rings. The lowest BCUT2D eigenvalue weighted by molar-refractivity contribution is -0.137. The van der Waals surface area contributed by atoms with Gasteiger partial charge in [0.2, 0.25) is 5.91 Å². The van der Waals surface area contributed by atoms with E-state index in [-0.39, 0.29) is 23.2 Å². The quantitative estimate of drug-likeness (QED) is 0.794. The molecule has 0 unspecified atom stereocenters. The van der Waals surface area contributed by atoms with Crippen molar-refractivity contribution in [3.63, 3.8) is 0 Å². The molecule has 7 heteroatoms. The molecule has 2 N–H and O–H groups in total. The monoisotopic (exact) mass is 356 g/mol. The van der Waals surface area contributed by atoms with Crippen LogP contribution in [0.4, 0.5) is 24.5 Å². The van der Waals surface area contributed by atoms with Crippen LogP contribution >= 0.6 is 11.6 Å². The van der Waals surface area contributed by atoms with E-state index >= 15 is 0 Å². The third-order valence-electron chi connectivity index (χ3n) is 3.38. The Morgan fingerprint density at radius 2 is 1.79 bits per heavy atom. The van der Waals surface area contributed by atoms with Gasteiger partial charge in [0.05, 0.1) is 22.8 Å². The maximum absolute atomic E-state index is 12.7. The Balaban J connectivity index is 1.98. The van der Waals surface area contributed by atoms with Gasteiger partial charge in [0, 0.05) is 5.69 Å². The molecule has 128 valence electrons. The van der Waals surface area contributed by atoms with E-state index in [1.54, 1.807) is 12.1 Å². The fourth-order valence-electron chi connectivity index (χ4n) is 2.04. The van der Waals surface area contributed by atoms with Crippen molar-refractivity contribution in [3.8, 4) is 0 Å². The molecule has 24 heavy (non-hydrogen) atoms. The molecular formula is C17H16ClF3N2O. The van der Waals surface area contributed by atoms with Crippen LogP contribution in [0.25, 0.3) is 0 Å². The molecule has 0 atom stereocenters. The summed E-state index contributed by atoms with van der Waals surface area (Å²) in [5.74, 6) is -0.382. The summed E-state index contributed by atoms with van der Waals surface area (Å²) in [5, 5.41) is 5.40. The van der Waals surface area contributed by atoms with Crippen LogP contribution in [0.2, 0.25) is 5.02 Å². The van der Waals surface area contributed by atoms with E-state index in [9.17, 15) is 18.0 Å². The third-order valence-corrected chi connectivity index (χ3v) is 3.71. The van der Waals surface area contributed by atoms with Crippen LogP contribution in [0.3, 0.4) is 0 Å². The molecular weight excluding hydrogens is 341 g/mol. The van der Waals surface area contributed by atoms with Crippen LogP contribution in [-0.2, 0) is 17.4 Å². The van der Waals surface area contributed by atoms with Crippen LogP contribution in [0.1, 0.15) is 18.1 Å². The molecule has 0 aliphatic heterocycles. The molecule has 1 amide bonds. The van der Waals surface area contributed by atoms with E-state index < -0.39 is 11.7 Å². The summed E-state index contributed by atoms with van der Waals surface area (Å²) >= 11 is 5.86. The predicted octanol–water partition coefficient (Wildman–Crippen LogP) is 4.97. The summed E-state index contributed by atoms with van der Waals surface area (Å²) in [6.45, 7) is 1.83. The first kappa shape index (κ1) is 18.1. The first-order chi connectivity index (χ1) is 11.3. The van der Waals surface area contributed by atoms with E-state index in [1.165, 1.54) is 0 Å². The van der Waals surface area contributed by atoms with Gasteiger partial charge < -0.3 is 10.6 Å². The number of carbonyl (C=O) groups excluding carboxylic acids is 1. The number of nitrogens with one attached hydrogen (secondary N) is 2. The maximum atomic E-state index is 12.7. The number of carbonyl (C=O) groups is 1. The molecule has 0 bridgehead atoms. The molecule has 0 spiro atoms. The van der Waals surface area contributed by atoms with Crippen LogP contribution in [0.5, 0.6) is 0 Å². The zero-order valence-electron chi connectivity index (χ0n) is 12.9. The zero-order valence-corrected chi connectivity index (χ0v) is 13.6. The molecule has 2 aromatic rings. The van der Waals surface area contributed by atoms with Crippen molar-refractivity contribution in [2.24, 2.45) is 0 Å². The normalized spacial score (nSPS) is 11.2. The second-order valence-electron chi connectivity index (χ2n) is 5.14. The largest absolute Gasteiger partial charge is 0.416 e. The standard InChI is InChI=1S/C17H16ClF3N2O/c1-2-11-3-6-13(7-4-11)23-16(24)10-22-15-9-12(17(19,20)21)5-8-14(15)18/h3-9,22H,2,10H2,1H3,(H,23,24). The number of hydrogen-bond acceptors (Lipinski definition) is 2. The Hall–Kier alpha value is -2.21. The molecule has 2 aromatic carbocycles. The first-order valence-corrected chi connectivity index (χ1v) is 7.67. The lowest BCUT2D eigenvalue weighted by Gasteiger charge is -2.12. The number of rotatable bonds is 5. The summed E-state index contributed by atoms with van der Waals surface area (Å²) in [7, 11) is 0. The minimum Gasteiger partial charge on any atom is -0.375 e. The van der Waals surface area contributed by atoms with Crippen molar-refractivity contribution >= 4 is 28.9 Å². The number of halogens is 4. The van der Waals surface area contributed by atoms with Crippen molar-refractivity contribution in [1.29, 1.82) is 0 Å². The Morgan fingerprint density at radius 3 is 2.38 bits per heavy atom. The SMILES string of the molecule is CCc1ccc(NC(=O)CNc2cc(C(F)(F)F)ccc2Cl)cc1. The van der Waals surface area contributed by atoms with Crippen molar-refractivity contribution < 1.29 is 18.0 Å². The Kier molecular flexibility index (Phi) is 5.72. The lowest BCUT2D eigenvalue weighted by atomic mass is 10.1. The third kappa shape index (κ3) is 4.89. The summed E-state index contributed by atoms with van der Waals surface area (Å²) in [5.41, 5.74) is 0.990. The molecule has 0 saturated carbocycles. The minimum atomic E-state index is -4.47. The highest BCUT2D eigenvalue weighted by atomic mass is 35.5. The van der Waals surface area contributed by atoms with Crippen LogP contribution in [0.15, 0.2) is 42.5 Å². The van der Waals surface area contributed by atoms with E-state index in [1.807, 2.05) is 19.1 Å². The van der Waals surface area contributed by atoms with Gasteiger partial charge in [0.25, 0.3) is 0 Å². The van der Waals surface area contributed by atoms with Crippen molar-refractivity contribution in [1.82, 2.24) is 0 Å². The smallest absolute Gasteiger partial charge is 0.375 e. The fourth-order valence-corrected chi connectivity index (χ4v) is 2.23. The summed E-state index contributed by atoms with van der Waals surface area (Å²) in [6, 6.07) is 10.3. The Morgan fingerprint density at radius 1 is 1.12 bits per heavy atom.